The van der Waals surface area contributed by atoms with Gasteiger partial charge < -0.3 is 5.11 Å². The van der Waals surface area contributed by atoms with Crippen molar-refractivity contribution in [3.8, 4) is 0 Å². The fraction of sp³-hybridized carbons (Fsp3) is 0.300. The van der Waals surface area contributed by atoms with E-state index >= 15 is 0 Å². The number of aliphatic hydroxyl groups excluding tert-OH is 1. The molecule has 1 nitrogen and oxygen atoms in total. The standard InChI is InChI=1S/C10H12ClO/c1-2-3-9-5-4-8(7-12)6-10(9)11/h4-7,12H,2-3H2,1H3. The van der Waals surface area contributed by atoms with Crippen LogP contribution in [0.5, 0.6) is 0 Å². The van der Waals surface area contributed by atoms with Crippen molar-refractivity contribution in [2.75, 3.05) is 0 Å². The molecule has 0 bridgehead atoms. The van der Waals surface area contributed by atoms with Gasteiger partial charge >= 0.3 is 0 Å². The Kier molecular flexibility index (Phi) is 3.57. The minimum absolute atomic E-state index is 0.736. The molecule has 0 aliphatic heterocycles. The van der Waals surface area contributed by atoms with E-state index in [9.17, 15) is 0 Å². The van der Waals surface area contributed by atoms with E-state index in [4.69, 9.17) is 16.7 Å². The number of halogens is 1. The van der Waals surface area contributed by atoms with Crippen molar-refractivity contribution in [2.24, 2.45) is 0 Å². The third-order valence-electron chi connectivity index (χ3n) is 1.75. The lowest BCUT2D eigenvalue weighted by Gasteiger charge is -2.03. The highest BCUT2D eigenvalue weighted by molar-refractivity contribution is 6.31. The lowest BCUT2D eigenvalue weighted by atomic mass is 10.1. The molecular formula is C10H12ClO. The molecule has 0 amide bonds. The number of benzene rings is 1. The van der Waals surface area contributed by atoms with Crippen LogP contribution in [0, 0.1) is 6.61 Å². The smallest absolute Gasteiger partial charge is 0.109 e. The minimum Gasteiger partial charge on any atom is -0.385 e. The zero-order chi connectivity index (χ0) is 8.97. The van der Waals surface area contributed by atoms with E-state index in [0.29, 0.717) is 0 Å². The number of aliphatic hydroxyl groups is 1. The van der Waals surface area contributed by atoms with E-state index < -0.39 is 0 Å². The maximum absolute atomic E-state index is 8.70. The van der Waals surface area contributed by atoms with Gasteiger partial charge in [0, 0.05) is 5.02 Å². The van der Waals surface area contributed by atoms with Crippen molar-refractivity contribution in [3.05, 3.63) is 41.0 Å². The second kappa shape index (κ2) is 4.48. The summed E-state index contributed by atoms with van der Waals surface area (Å²) in [5.41, 5.74) is 1.89. The van der Waals surface area contributed by atoms with Crippen LogP contribution in [0.3, 0.4) is 0 Å². The van der Waals surface area contributed by atoms with Gasteiger partial charge in [-0.05, 0) is 23.6 Å². The number of rotatable bonds is 3. The van der Waals surface area contributed by atoms with E-state index in [0.717, 1.165) is 35.6 Å². The zero-order valence-corrected chi connectivity index (χ0v) is 7.80. The van der Waals surface area contributed by atoms with Crippen LogP contribution in [0.1, 0.15) is 24.5 Å². The lowest BCUT2D eigenvalue weighted by molar-refractivity contribution is 0.415. The summed E-state index contributed by atoms with van der Waals surface area (Å²) in [6.45, 7) is 3.17. The summed E-state index contributed by atoms with van der Waals surface area (Å²) in [6, 6.07) is 5.58. The van der Waals surface area contributed by atoms with Crippen molar-refractivity contribution >= 4 is 11.6 Å². The maximum atomic E-state index is 8.70. The van der Waals surface area contributed by atoms with Gasteiger partial charge in [0.1, 0.15) is 6.61 Å². The van der Waals surface area contributed by atoms with Crippen LogP contribution in [0.4, 0.5) is 0 Å². The van der Waals surface area contributed by atoms with Crippen LogP contribution in [0.2, 0.25) is 5.02 Å². The normalized spacial score (nSPS) is 10.2. The van der Waals surface area contributed by atoms with Crippen molar-refractivity contribution in [1.29, 1.82) is 0 Å². The monoisotopic (exact) mass is 183 g/mol. The van der Waals surface area contributed by atoms with Crippen molar-refractivity contribution in [3.63, 3.8) is 0 Å². The van der Waals surface area contributed by atoms with Crippen molar-refractivity contribution in [1.82, 2.24) is 0 Å². The second-order valence-electron chi connectivity index (χ2n) is 2.73. The molecule has 1 aromatic carbocycles. The SMILES string of the molecule is CCCc1ccc([CH]O)cc1Cl. The van der Waals surface area contributed by atoms with Crippen LogP contribution in [-0.2, 0) is 6.42 Å². The summed E-state index contributed by atoms with van der Waals surface area (Å²) in [6.07, 6.45) is 2.08. The van der Waals surface area contributed by atoms with Gasteiger partial charge in [-0.15, -0.1) is 0 Å². The molecule has 0 fully saturated rings. The molecule has 0 saturated heterocycles. The summed E-state index contributed by atoms with van der Waals surface area (Å²) in [4.78, 5) is 0. The molecule has 0 aliphatic carbocycles. The fourth-order valence-electron chi connectivity index (χ4n) is 1.12. The Hall–Kier alpha value is -0.530. The third-order valence-corrected chi connectivity index (χ3v) is 2.10. The van der Waals surface area contributed by atoms with Gasteiger partial charge in [-0.2, -0.15) is 0 Å². The summed E-state index contributed by atoms with van der Waals surface area (Å²) in [7, 11) is 0. The fourth-order valence-corrected chi connectivity index (χ4v) is 1.40. The molecule has 1 N–H and O–H groups in total. The Labute approximate surface area is 78.0 Å². The van der Waals surface area contributed by atoms with E-state index in [1.165, 1.54) is 0 Å². The molecule has 12 heavy (non-hydrogen) atoms. The van der Waals surface area contributed by atoms with Gasteiger partial charge in [0.15, 0.2) is 0 Å². The molecular weight excluding hydrogens is 172 g/mol. The Morgan fingerprint density at radius 1 is 1.50 bits per heavy atom. The molecule has 2 heteroatoms. The van der Waals surface area contributed by atoms with E-state index in [2.05, 4.69) is 6.92 Å². The predicted octanol–water partition coefficient (Wildman–Crippen LogP) is 3.17. The second-order valence-corrected chi connectivity index (χ2v) is 3.14. The van der Waals surface area contributed by atoms with E-state index in [-0.39, 0.29) is 0 Å². The van der Waals surface area contributed by atoms with Gasteiger partial charge in [-0.3, -0.25) is 0 Å². The number of aryl methyl sites for hydroxylation is 1. The molecule has 0 spiro atoms. The molecule has 0 heterocycles. The quantitative estimate of drug-likeness (QED) is 0.763. The molecule has 0 aliphatic rings. The minimum atomic E-state index is 0.736. The molecule has 1 aromatic rings. The first kappa shape index (κ1) is 9.56. The highest BCUT2D eigenvalue weighted by Crippen LogP contribution is 2.19. The molecule has 0 unspecified atom stereocenters. The Bertz CT molecular complexity index is 258. The van der Waals surface area contributed by atoms with Crippen LogP contribution in [-0.4, -0.2) is 5.11 Å². The van der Waals surface area contributed by atoms with Gasteiger partial charge in [-0.25, -0.2) is 0 Å². The van der Waals surface area contributed by atoms with E-state index in [1.54, 1.807) is 6.07 Å². The van der Waals surface area contributed by atoms with Crippen LogP contribution in [0.25, 0.3) is 0 Å². The van der Waals surface area contributed by atoms with Gasteiger partial charge in [0.2, 0.25) is 0 Å². The number of hydrogen-bond acceptors (Lipinski definition) is 1. The Balaban J connectivity index is 2.87. The van der Waals surface area contributed by atoms with Gasteiger partial charge in [0.05, 0.1) is 0 Å². The molecule has 0 atom stereocenters. The Morgan fingerprint density at radius 3 is 2.75 bits per heavy atom. The first-order valence-corrected chi connectivity index (χ1v) is 4.41. The summed E-state index contributed by atoms with van der Waals surface area (Å²) < 4.78 is 0. The van der Waals surface area contributed by atoms with Crippen molar-refractivity contribution < 1.29 is 5.11 Å². The summed E-state index contributed by atoms with van der Waals surface area (Å²) in [5.74, 6) is 0. The first-order valence-electron chi connectivity index (χ1n) is 4.03. The van der Waals surface area contributed by atoms with Crippen molar-refractivity contribution in [2.45, 2.75) is 19.8 Å². The van der Waals surface area contributed by atoms with Gasteiger partial charge in [0.25, 0.3) is 0 Å². The van der Waals surface area contributed by atoms with Gasteiger partial charge in [-0.1, -0.05) is 37.1 Å². The average molecular weight is 184 g/mol. The average Bonchev–Trinajstić information content (AvgIpc) is 2.09. The predicted molar refractivity (Wildman–Crippen MR) is 50.8 cm³/mol. The summed E-state index contributed by atoms with van der Waals surface area (Å²) in [5, 5.41) is 9.43. The number of hydrogen-bond donors (Lipinski definition) is 1. The van der Waals surface area contributed by atoms with Crippen LogP contribution < -0.4 is 0 Å². The van der Waals surface area contributed by atoms with Crippen LogP contribution in [0.15, 0.2) is 18.2 Å². The first-order chi connectivity index (χ1) is 5.77. The molecule has 65 valence electrons. The lowest BCUT2D eigenvalue weighted by Crippen LogP contribution is -1.87. The summed E-state index contributed by atoms with van der Waals surface area (Å²) >= 11 is 5.96. The molecule has 1 radical (unpaired) electrons. The maximum Gasteiger partial charge on any atom is 0.109 e. The highest BCUT2D eigenvalue weighted by atomic mass is 35.5. The molecule has 1 rings (SSSR count). The topological polar surface area (TPSA) is 20.2 Å². The highest BCUT2D eigenvalue weighted by Gasteiger charge is 1.99. The molecule has 0 aromatic heterocycles. The van der Waals surface area contributed by atoms with E-state index in [1.807, 2.05) is 12.1 Å². The van der Waals surface area contributed by atoms with Crippen LogP contribution >= 0.6 is 11.6 Å². The Morgan fingerprint density at radius 2 is 2.25 bits per heavy atom. The third kappa shape index (κ3) is 2.23. The zero-order valence-electron chi connectivity index (χ0n) is 7.05. The largest absolute Gasteiger partial charge is 0.385 e. The molecule has 0 saturated carbocycles.